The van der Waals surface area contributed by atoms with Crippen molar-refractivity contribution in [2.24, 2.45) is 5.92 Å². The van der Waals surface area contributed by atoms with Crippen LogP contribution < -0.4 is 11.1 Å². The summed E-state index contributed by atoms with van der Waals surface area (Å²) in [5.41, 5.74) is 7.73. The van der Waals surface area contributed by atoms with Crippen LogP contribution in [0.3, 0.4) is 0 Å². The van der Waals surface area contributed by atoms with Crippen molar-refractivity contribution in [3.8, 4) is 0 Å². The molecular formula is C11H15BrN2. The quantitative estimate of drug-likeness (QED) is 0.810. The van der Waals surface area contributed by atoms with Crippen molar-refractivity contribution < 1.29 is 0 Å². The minimum absolute atomic E-state index is 0.815. The summed E-state index contributed by atoms with van der Waals surface area (Å²) in [6.07, 6.45) is 4.10. The van der Waals surface area contributed by atoms with E-state index >= 15 is 0 Å². The Bertz CT molecular complexity index is 321. The van der Waals surface area contributed by atoms with E-state index in [1.165, 1.54) is 19.3 Å². The van der Waals surface area contributed by atoms with E-state index in [0.29, 0.717) is 0 Å². The molecule has 0 spiro atoms. The molecule has 2 rings (SSSR count). The molecular weight excluding hydrogens is 240 g/mol. The van der Waals surface area contributed by atoms with Gasteiger partial charge in [0.05, 0.1) is 11.4 Å². The van der Waals surface area contributed by atoms with Gasteiger partial charge in [0.2, 0.25) is 0 Å². The van der Waals surface area contributed by atoms with Gasteiger partial charge in [-0.15, -0.1) is 0 Å². The summed E-state index contributed by atoms with van der Waals surface area (Å²) in [5.74, 6) is 0.971. The maximum atomic E-state index is 5.86. The first-order chi connectivity index (χ1) is 6.75. The monoisotopic (exact) mass is 254 g/mol. The molecule has 1 aromatic rings. The Kier molecular flexibility index (Phi) is 2.96. The molecule has 14 heavy (non-hydrogen) atoms. The SMILES string of the molecule is Nc1cc(Br)ccc1NCCC1CC1. The third kappa shape index (κ3) is 2.64. The van der Waals surface area contributed by atoms with E-state index in [4.69, 9.17) is 5.73 Å². The van der Waals surface area contributed by atoms with Crippen LogP contribution in [0, 0.1) is 5.92 Å². The van der Waals surface area contributed by atoms with Gasteiger partial charge in [-0.25, -0.2) is 0 Å². The summed E-state index contributed by atoms with van der Waals surface area (Å²) in [7, 11) is 0. The van der Waals surface area contributed by atoms with Crippen molar-refractivity contribution in [1.82, 2.24) is 0 Å². The van der Waals surface area contributed by atoms with Gasteiger partial charge in [0, 0.05) is 11.0 Å². The number of hydrogen-bond acceptors (Lipinski definition) is 2. The van der Waals surface area contributed by atoms with E-state index in [9.17, 15) is 0 Å². The number of nitrogens with two attached hydrogens (primary N) is 1. The molecule has 0 aromatic heterocycles. The van der Waals surface area contributed by atoms with Crippen LogP contribution >= 0.6 is 15.9 Å². The van der Waals surface area contributed by atoms with Crippen LogP contribution in [0.15, 0.2) is 22.7 Å². The highest BCUT2D eigenvalue weighted by molar-refractivity contribution is 9.10. The van der Waals surface area contributed by atoms with Gasteiger partial charge in [0.15, 0.2) is 0 Å². The van der Waals surface area contributed by atoms with Crippen LogP contribution in [-0.2, 0) is 0 Å². The summed E-state index contributed by atoms with van der Waals surface area (Å²) < 4.78 is 1.03. The zero-order valence-corrected chi connectivity index (χ0v) is 9.68. The molecule has 76 valence electrons. The zero-order valence-electron chi connectivity index (χ0n) is 8.09. The molecule has 3 N–H and O–H groups in total. The van der Waals surface area contributed by atoms with Gasteiger partial charge in [-0.2, -0.15) is 0 Å². The number of rotatable bonds is 4. The molecule has 3 heteroatoms. The minimum atomic E-state index is 0.815. The first kappa shape index (κ1) is 9.84. The lowest BCUT2D eigenvalue weighted by Gasteiger charge is -2.08. The molecule has 1 fully saturated rings. The first-order valence-corrected chi connectivity index (χ1v) is 5.84. The van der Waals surface area contributed by atoms with Crippen molar-refractivity contribution in [2.45, 2.75) is 19.3 Å². The maximum absolute atomic E-state index is 5.86. The molecule has 0 radical (unpaired) electrons. The number of nitrogens with one attached hydrogen (secondary N) is 1. The second-order valence-corrected chi connectivity index (χ2v) is 4.81. The van der Waals surface area contributed by atoms with Gasteiger partial charge in [0.1, 0.15) is 0 Å². The van der Waals surface area contributed by atoms with Crippen molar-refractivity contribution in [2.75, 3.05) is 17.6 Å². The molecule has 0 saturated heterocycles. The van der Waals surface area contributed by atoms with E-state index in [1.807, 2.05) is 18.2 Å². The molecule has 0 amide bonds. The van der Waals surface area contributed by atoms with Gasteiger partial charge in [0.25, 0.3) is 0 Å². The third-order valence-electron chi connectivity index (χ3n) is 2.58. The predicted molar refractivity (Wildman–Crippen MR) is 64.4 cm³/mol. The Morgan fingerprint density at radius 3 is 2.86 bits per heavy atom. The molecule has 1 aromatic carbocycles. The topological polar surface area (TPSA) is 38.0 Å². The third-order valence-corrected chi connectivity index (χ3v) is 3.07. The summed E-state index contributed by atoms with van der Waals surface area (Å²) in [6.45, 7) is 1.04. The lowest BCUT2D eigenvalue weighted by Crippen LogP contribution is -2.04. The highest BCUT2D eigenvalue weighted by Crippen LogP contribution is 2.32. The number of nitrogen functional groups attached to an aromatic ring is 1. The Labute approximate surface area is 93.0 Å². The van der Waals surface area contributed by atoms with E-state index in [2.05, 4.69) is 21.2 Å². The van der Waals surface area contributed by atoms with Crippen molar-refractivity contribution >= 4 is 27.3 Å². The largest absolute Gasteiger partial charge is 0.397 e. The molecule has 1 aliphatic rings. The number of benzene rings is 1. The molecule has 0 atom stereocenters. The molecule has 1 saturated carbocycles. The van der Waals surface area contributed by atoms with E-state index in [0.717, 1.165) is 28.3 Å². The fourth-order valence-electron chi connectivity index (χ4n) is 1.51. The lowest BCUT2D eigenvalue weighted by molar-refractivity contribution is 0.760. The molecule has 2 nitrogen and oxygen atoms in total. The average molecular weight is 255 g/mol. The normalized spacial score (nSPS) is 15.5. The molecule has 0 unspecified atom stereocenters. The second kappa shape index (κ2) is 4.22. The zero-order chi connectivity index (χ0) is 9.97. The summed E-state index contributed by atoms with van der Waals surface area (Å²) in [5, 5.41) is 3.37. The highest BCUT2D eigenvalue weighted by atomic mass is 79.9. The molecule has 1 aliphatic carbocycles. The average Bonchev–Trinajstić information content (AvgIpc) is 2.92. The fraction of sp³-hybridized carbons (Fsp3) is 0.455. The summed E-state index contributed by atoms with van der Waals surface area (Å²) >= 11 is 3.39. The Hall–Kier alpha value is -0.700. The first-order valence-electron chi connectivity index (χ1n) is 5.04. The van der Waals surface area contributed by atoms with Crippen molar-refractivity contribution in [3.05, 3.63) is 22.7 Å². The van der Waals surface area contributed by atoms with Crippen LogP contribution in [-0.4, -0.2) is 6.54 Å². The van der Waals surface area contributed by atoms with Crippen LogP contribution in [0.5, 0.6) is 0 Å². The van der Waals surface area contributed by atoms with Crippen molar-refractivity contribution in [1.29, 1.82) is 0 Å². The van der Waals surface area contributed by atoms with Crippen LogP contribution in [0.25, 0.3) is 0 Å². The van der Waals surface area contributed by atoms with Crippen molar-refractivity contribution in [3.63, 3.8) is 0 Å². The number of anilines is 2. The lowest BCUT2D eigenvalue weighted by atomic mass is 10.2. The van der Waals surface area contributed by atoms with Gasteiger partial charge in [-0.1, -0.05) is 28.8 Å². The smallest absolute Gasteiger partial charge is 0.0574 e. The summed E-state index contributed by atoms with van der Waals surface area (Å²) in [4.78, 5) is 0. The van der Waals surface area contributed by atoms with Gasteiger partial charge < -0.3 is 11.1 Å². The van der Waals surface area contributed by atoms with E-state index in [1.54, 1.807) is 0 Å². The van der Waals surface area contributed by atoms with Gasteiger partial charge in [-0.3, -0.25) is 0 Å². The van der Waals surface area contributed by atoms with Crippen LogP contribution in [0.2, 0.25) is 0 Å². The maximum Gasteiger partial charge on any atom is 0.0574 e. The van der Waals surface area contributed by atoms with Gasteiger partial charge in [-0.05, 0) is 30.5 Å². The van der Waals surface area contributed by atoms with Gasteiger partial charge >= 0.3 is 0 Å². The van der Waals surface area contributed by atoms with Crippen LogP contribution in [0.4, 0.5) is 11.4 Å². The number of halogens is 1. The number of hydrogen-bond donors (Lipinski definition) is 2. The predicted octanol–water partition coefficient (Wildman–Crippen LogP) is 3.24. The standard InChI is InChI=1S/C11H15BrN2/c12-9-3-4-11(10(13)7-9)14-6-5-8-1-2-8/h3-4,7-8,14H,1-2,5-6,13H2. The highest BCUT2D eigenvalue weighted by Gasteiger charge is 2.20. The summed E-state index contributed by atoms with van der Waals surface area (Å²) in [6, 6.07) is 5.96. The Balaban J connectivity index is 1.87. The molecule has 0 aliphatic heterocycles. The fourth-order valence-corrected chi connectivity index (χ4v) is 1.89. The Morgan fingerprint density at radius 2 is 2.21 bits per heavy atom. The minimum Gasteiger partial charge on any atom is -0.397 e. The Morgan fingerprint density at radius 1 is 1.43 bits per heavy atom. The van der Waals surface area contributed by atoms with Crippen LogP contribution in [0.1, 0.15) is 19.3 Å². The molecule has 0 bridgehead atoms. The van der Waals surface area contributed by atoms with E-state index < -0.39 is 0 Å². The second-order valence-electron chi connectivity index (χ2n) is 3.89. The molecule has 0 heterocycles. The van der Waals surface area contributed by atoms with E-state index in [-0.39, 0.29) is 0 Å².